The minimum absolute atomic E-state index is 0.162. The molecule has 1 amide bonds. The first-order valence-electron chi connectivity index (χ1n) is 8.01. The third-order valence-electron chi connectivity index (χ3n) is 4.72. The van der Waals surface area contributed by atoms with Crippen molar-refractivity contribution < 1.29 is 24.0 Å². The summed E-state index contributed by atoms with van der Waals surface area (Å²) in [7, 11) is 1.58. The average Bonchev–Trinajstić information content (AvgIpc) is 3.19. The molecule has 7 nitrogen and oxygen atoms in total. The zero-order valence-electron chi connectivity index (χ0n) is 14.4. The second-order valence-electron chi connectivity index (χ2n) is 6.23. The maximum absolute atomic E-state index is 12.8. The van der Waals surface area contributed by atoms with E-state index >= 15 is 0 Å². The van der Waals surface area contributed by atoms with E-state index in [9.17, 15) is 14.7 Å². The summed E-state index contributed by atoms with van der Waals surface area (Å²) in [6.07, 6.45) is 0. The third kappa shape index (κ3) is 3.09. The van der Waals surface area contributed by atoms with Crippen molar-refractivity contribution in [2.75, 3.05) is 20.2 Å². The first kappa shape index (κ1) is 17.0. The van der Waals surface area contributed by atoms with E-state index in [1.54, 1.807) is 38.0 Å². The fourth-order valence-electron chi connectivity index (χ4n) is 3.36. The van der Waals surface area contributed by atoms with E-state index in [4.69, 9.17) is 9.26 Å². The highest BCUT2D eigenvalue weighted by Crippen LogP contribution is 2.35. The lowest BCUT2D eigenvalue weighted by Gasteiger charge is -2.16. The topological polar surface area (TPSA) is 92.9 Å². The van der Waals surface area contributed by atoms with Crippen molar-refractivity contribution in [2.45, 2.75) is 19.8 Å². The summed E-state index contributed by atoms with van der Waals surface area (Å²) in [5, 5.41) is 13.4. The van der Waals surface area contributed by atoms with Gasteiger partial charge in [-0.1, -0.05) is 17.3 Å². The van der Waals surface area contributed by atoms with E-state index < -0.39 is 11.9 Å². The van der Waals surface area contributed by atoms with Gasteiger partial charge in [-0.25, -0.2) is 0 Å². The van der Waals surface area contributed by atoms with Crippen LogP contribution in [-0.2, 0) is 4.79 Å². The van der Waals surface area contributed by atoms with Crippen LogP contribution in [0.4, 0.5) is 0 Å². The zero-order valence-corrected chi connectivity index (χ0v) is 14.4. The van der Waals surface area contributed by atoms with Gasteiger partial charge < -0.3 is 19.3 Å². The summed E-state index contributed by atoms with van der Waals surface area (Å²) in [4.78, 5) is 26.1. The molecule has 1 aromatic heterocycles. The molecule has 0 bridgehead atoms. The molecule has 3 rings (SSSR count). The first-order valence-corrected chi connectivity index (χ1v) is 8.01. The highest BCUT2D eigenvalue weighted by atomic mass is 16.5. The van der Waals surface area contributed by atoms with E-state index in [1.165, 1.54) is 0 Å². The highest BCUT2D eigenvalue weighted by molar-refractivity contribution is 5.96. The molecule has 1 aliphatic rings. The molecule has 1 saturated heterocycles. The number of hydrogen-bond acceptors (Lipinski definition) is 5. The van der Waals surface area contributed by atoms with Crippen LogP contribution in [0, 0.1) is 19.8 Å². The van der Waals surface area contributed by atoms with Crippen molar-refractivity contribution in [2.24, 2.45) is 5.92 Å². The Kier molecular flexibility index (Phi) is 4.48. The molecule has 1 aromatic carbocycles. The second kappa shape index (κ2) is 6.58. The number of likely N-dealkylation sites (tertiary alicyclic amines) is 1. The van der Waals surface area contributed by atoms with Crippen LogP contribution in [0.3, 0.4) is 0 Å². The number of aliphatic carboxylic acids is 1. The maximum Gasteiger partial charge on any atom is 0.308 e. The van der Waals surface area contributed by atoms with Gasteiger partial charge in [-0.15, -0.1) is 0 Å². The quantitative estimate of drug-likeness (QED) is 0.914. The normalized spacial score (nSPS) is 19.9. The molecule has 1 fully saturated rings. The molecule has 25 heavy (non-hydrogen) atoms. The standard InChI is InChI=1S/C18H20N2O5/c1-10-16(11(2)25-19-10)17(21)20-8-14(15(9-20)18(22)23)12-4-6-13(24-3)7-5-12/h4-7,14-15H,8-9H2,1-3H3,(H,22,23)/t14-,15+/m0/s1. The summed E-state index contributed by atoms with van der Waals surface area (Å²) < 4.78 is 10.2. The number of rotatable bonds is 4. The molecular weight excluding hydrogens is 324 g/mol. The highest BCUT2D eigenvalue weighted by Gasteiger charge is 2.41. The van der Waals surface area contributed by atoms with Crippen LogP contribution in [-0.4, -0.2) is 47.2 Å². The maximum atomic E-state index is 12.8. The molecule has 2 aromatic rings. The first-order chi connectivity index (χ1) is 11.9. The van der Waals surface area contributed by atoms with Crippen LogP contribution in [0.5, 0.6) is 5.75 Å². The van der Waals surface area contributed by atoms with Crippen molar-refractivity contribution in [3.63, 3.8) is 0 Å². The molecule has 2 atom stereocenters. The third-order valence-corrected chi connectivity index (χ3v) is 4.72. The molecule has 1 N–H and O–H groups in total. The van der Waals surface area contributed by atoms with Gasteiger partial charge in [-0.3, -0.25) is 9.59 Å². The lowest BCUT2D eigenvalue weighted by Crippen LogP contribution is -2.30. The number of benzene rings is 1. The number of carbonyl (C=O) groups is 2. The van der Waals surface area contributed by atoms with Crippen LogP contribution in [0.15, 0.2) is 28.8 Å². The predicted octanol–water partition coefficient (Wildman–Crippen LogP) is 2.24. The van der Waals surface area contributed by atoms with Gasteiger partial charge in [0.1, 0.15) is 17.1 Å². The number of hydrogen-bond donors (Lipinski definition) is 1. The van der Waals surface area contributed by atoms with E-state index in [0.717, 1.165) is 5.56 Å². The molecule has 7 heteroatoms. The smallest absolute Gasteiger partial charge is 0.308 e. The van der Waals surface area contributed by atoms with Gasteiger partial charge in [0.25, 0.3) is 5.91 Å². The number of ether oxygens (including phenoxy) is 1. The molecular formula is C18H20N2O5. The van der Waals surface area contributed by atoms with Gasteiger partial charge in [-0.2, -0.15) is 0 Å². The Morgan fingerprint density at radius 3 is 2.44 bits per heavy atom. The molecule has 0 spiro atoms. The van der Waals surface area contributed by atoms with Gasteiger partial charge in [0.2, 0.25) is 0 Å². The van der Waals surface area contributed by atoms with Crippen molar-refractivity contribution in [1.29, 1.82) is 0 Å². The number of amides is 1. The van der Waals surface area contributed by atoms with Crippen molar-refractivity contribution in [1.82, 2.24) is 10.1 Å². The molecule has 0 saturated carbocycles. The van der Waals surface area contributed by atoms with Crippen molar-refractivity contribution >= 4 is 11.9 Å². The fourth-order valence-corrected chi connectivity index (χ4v) is 3.36. The number of aromatic nitrogens is 1. The van der Waals surface area contributed by atoms with Gasteiger partial charge in [0.15, 0.2) is 0 Å². The summed E-state index contributed by atoms with van der Waals surface area (Å²) >= 11 is 0. The van der Waals surface area contributed by atoms with Gasteiger partial charge in [0.05, 0.1) is 18.7 Å². The number of aryl methyl sites for hydroxylation is 2. The second-order valence-corrected chi connectivity index (χ2v) is 6.23. The molecule has 2 heterocycles. The summed E-state index contributed by atoms with van der Waals surface area (Å²) in [5.74, 6) is -0.918. The molecule has 0 radical (unpaired) electrons. The lowest BCUT2D eigenvalue weighted by molar-refractivity contribution is -0.141. The average molecular weight is 344 g/mol. The minimum Gasteiger partial charge on any atom is -0.497 e. The van der Waals surface area contributed by atoms with E-state index in [2.05, 4.69) is 5.16 Å². The predicted molar refractivity (Wildman–Crippen MR) is 88.7 cm³/mol. The van der Waals surface area contributed by atoms with Crippen LogP contribution in [0.1, 0.15) is 33.3 Å². The Hall–Kier alpha value is -2.83. The monoisotopic (exact) mass is 344 g/mol. The Morgan fingerprint density at radius 1 is 1.24 bits per heavy atom. The Bertz CT molecular complexity index is 777. The number of nitrogens with zero attached hydrogens (tertiary/aromatic N) is 2. The summed E-state index contributed by atoms with van der Waals surface area (Å²) in [6, 6.07) is 7.30. The van der Waals surface area contributed by atoms with E-state index in [0.29, 0.717) is 29.3 Å². The Balaban J connectivity index is 1.87. The van der Waals surface area contributed by atoms with Gasteiger partial charge >= 0.3 is 5.97 Å². The minimum atomic E-state index is -0.908. The summed E-state index contributed by atoms with van der Waals surface area (Å²) in [6.45, 7) is 3.88. The Labute approximate surface area is 145 Å². The van der Waals surface area contributed by atoms with Crippen LogP contribution < -0.4 is 4.74 Å². The SMILES string of the molecule is COc1ccc([C@@H]2CN(C(=O)c3c(C)noc3C)C[C@H]2C(=O)O)cc1. The fraction of sp³-hybridized carbons (Fsp3) is 0.389. The zero-order chi connectivity index (χ0) is 18.1. The molecule has 1 aliphatic heterocycles. The molecule has 132 valence electrons. The summed E-state index contributed by atoms with van der Waals surface area (Å²) in [5.41, 5.74) is 1.81. The van der Waals surface area contributed by atoms with Crippen LogP contribution >= 0.6 is 0 Å². The molecule has 0 aliphatic carbocycles. The van der Waals surface area contributed by atoms with E-state index in [1.807, 2.05) is 12.1 Å². The van der Waals surface area contributed by atoms with Crippen molar-refractivity contribution in [3.8, 4) is 5.75 Å². The van der Waals surface area contributed by atoms with Crippen molar-refractivity contribution in [3.05, 3.63) is 46.8 Å². The van der Waals surface area contributed by atoms with Crippen LogP contribution in [0.25, 0.3) is 0 Å². The number of methoxy groups -OCH3 is 1. The molecule has 0 unspecified atom stereocenters. The number of carbonyl (C=O) groups excluding carboxylic acids is 1. The Morgan fingerprint density at radius 2 is 1.92 bits per heavy atom. The lowest BCUT2D eigenvalue weighted by atomic mass is 9.89. The number of carboxylic acids is 1. The number of carboxylic acid groups (broad SMARTS) is 1. The van der Waals surface area contributed by atoms with Gasteiger partial charge in [0, 0.05) is 19.0 Å². The largest absolute Gasteiger partial charge is 0.497 e. The van der Waals surface area contributed by atoms with Crippen LogP contribution in [0.2, 0.25) is 0 Å². The van der Waals surface area contributed by atoms with E-state index in [-0.39, 0.29) is 18.4 Å². The van der Waals surface area contributed by atoms with Gasteiger partial charge in [-0.05, 0) is 31.5 Å².